The normalized spacial score (nSPS) is 22.8. The summed E-state index contributed by atoms with van der Waals surface area (Å²) in [7, 11) is -3.96. The van der Waals surface area contributed by atoms with Gasteiger partial charge in [-0.2, -0.15) is 0 Å². The number of primary sulfonamides is 1. The maximum atomic E-state index is 14.5. The summed E-state index contributed by atoms with van der Waals surface area (Å²) in [6.45, 7) is 4.01. The van der Waals surface area contributed by atoms with Crippen LogP contribution >= 0.6 is 0 Å². The molecular weight excluding hydrogens is 383 g/mol. The number of ether oxygens (including phenoxy) is 2. The van der Waals surface area contributed by atoms with Gasteiger partial charge in [0.15, 0.2) is 11.6 Å². The molecule has 150 valence electrons. The van der Waals surface area contributed by atoms with E-state index >= 15 is 0 Å². The number of halogens is 1. The first kappa shape index (κ1) is 19.3. The standard InChI is InChI=1S/C20H23FN2O4S/c21-18-12-16(28(22,24)25)5-6-19(18)27-20-15(13-23-7-9-26-10-8-23)11-14-3-1-2-4-17(14)20/h1-6,12,15,20H,7-11,13H2,(H2,22,24,25). The SMILES string of the molecule is NS(=O)(=O)c1ccc(OC2c3ccccc3CC2CN2CCOCC2)c(F)c1. The Morgan fingerprint density at radius 2 is 1.93 bits per heavy atom. The first-order valence-corrected chi connectivity index (χ1v) is 10.8. The van der Waals surface area contributed by atoms with Crippen LogP contribution in [-0.2, 0) is 21.2 Å². The third-order valence-electron chi connectivity index (χ3n) is 5.35. The van der Waals surface area contributed by atoms with Crippen LogP contribution in [0.1, 0.15) is 17.2 Å². The number of hydrogen-bond donors (Lipinski definition) is 1. The molecule has 2 aliphatic rings. The molecule has 2 aromatic rings. The van der Waals surface area contributed by atoms with Crippen molar-refractivity contribution in [2.24, 2.45) is 11.1 Å². The second kappa shape index (κ2) is 7.79. The van der Waals surface area contributed by atoms with Crippen molar-refractivity contribution in [3.8, 4) is 5.75 Å². The molecule has 1 heterocycles. The lowest BCUT2D eigenvalue weighted by Crippen LogP contribution is -2.40. The second-order valence-corrected chi connectivity index (χ2v) is 8.81. The zero-order chi connectivity index (χ0) is 19.7. The summed E-state index contributed by atoms with van der Waals surface area (Å²) in [5, 5.41) is 5.08. The fourth-order valence-corrected chi connectivity index (χ4v) is 4.49. The zero-order valence-electron chi connectivity index (χ0n) is 15.4. The molecule has 28 heavy (non-hydrogen) atoms. The Bertz CT molecular complexity index is 960. The van der Waals surface area contributed by atoms with Crippen molar-refractivity contribution in [2.45, 2.75) is 17.4 Å². The third kappa shape index (κ3) is 4.05. The van der Waals surface area contributed by atoms with Crippen LogP contribution in [0, 0.1) is 11.7 Å². The Balaban J connectivity index is 1.59. The summed E-state index contributed by atoms with van der Waals surface area (Å²) in [5.74, 6) is -0.532. The molecule has 2 N–H and O–H groups in total. The molecule has 0 spiro atoms. The van der Waals surface area contributed by atoms with E-state index in [2.05, 4.69) is 11.0 Å². The molecule has 1 aliphatic heterocycles. The van der Waals surface area contributed by atoms with E-state index in [-0.39, 0.29) is 22.7 Å². The Labute approximate surface area is 164 Å². The van der Waals surface area contributed by atoms with Gasteiger partial charge in [0, 0.05) is 25.6 Å². The van der Waals surface area contributed by atoms with Gasteiger partial charge >= 0.3 is 0 Å². The molecule has 6 nitrogen and oxygen atoms in total. The van der Waals surface area contributed by atoms with Crippen LogP contribution in [0.5, 0.6) is 5.75 Å². The van der Waals surface area contributed by atoms with E-state index in [1.54, 1.807) is 0 Å². The Morgan fingerprint density at radius 1 is 1.18 bits per heavy atom. The summed E-state index contributed by atoms with van der Waals surface area (Å²) in [4.78, 5) is 2.07. The lowest BCUT2D eigenvalue weighted by molar-refractivity contribution is 0.0187. The van der Waals surface area contributed by atoms with Gasteiger partial charge in [-0.3, -0.25) is 4.90 Å². The van der Waals surface area contributed by atoms with Crippen LogP contribution in [0.4, 0.5) is 4.39 Å². The smallest absolute Gasteiger partial charge is 0.238 e. The van der Waals surface area contributed by atoms with Crippen molar-refractivity contribution in [3.05, 3.63) is 59.4 Å². The van der Waals surface area contributed by atoms with E-state index in [0.29, 0.717) is 0 Å². The van der Waals surface area contributed by atoms with Crippen LogP contribution in [0.3, 0.4) is 0 Å². The van der Waals surface area contributed by atoms with Gasteiger partial charge in [0.25, 0.3) is 0 Å². The molecule has 1 fully saturated rings. The Morgan fingerprint density at radius 3 is 2.64 bits per heavy atom. The van der Waals surface area contributed by atoms with Gasteiger partial charge in [-0.1, -0.05) is 24.3 Å². The number of benzene rings is 2. The maximum Gasteiger partial charge on any atom is 0.238 e. The van der Waals surface area contributed by atoms with Gasteiger partial charge in [-0.25, -0.2) is 17.9 Å². The highest BCUT2D eigenvalue weighted by atomic mass is 32.2. The maximum absolute atomic E-state index is 14.5. The molecule has 2 atom stereocenters. The number of morpholine rings is 1. The van der Waals surface area contributed by atoms with Gasteiger partial charge in [-0.05, 0) is 35.7 Å². The number of rotatable bonds is 5. The average molecular weight is 406 g/mol. The molecule has 2 aromatic carbocycles. The highest BCUT2D eigenvalue weighted by molar-refractivity contribution is 7.89. The molecule has 4 rings (SSSR count). The number of fused-ring (bicyclic) bond motifs is 1. The number of sulfonamides is 1. The van der Waals surface area contributed by atoms with E-state index in [1.165, 1.54) is 17.7 Å². The summed E-state index contributed by atoms with van der Waals surface area (Å²) >= 11 is 0. The summed E-state index contributed by atoms with van der Waals surface area (Å²) in [6, 6.07) is 11.5. The van der Waals surface area contributed by atoms with Gasteiger partial charge in [0.1, 0.15) is 6.10 Å². The number of hydrogen-bond acceptors (Lipinski definition) is 5. The van der Waals surface area contributed by atoms with Crippen LogP contribution in [0.15, 0.2) is 47.4 Å². The minimum absolute atomic E-state index is 0.0288. The molecule has 0 aromatic heterocycles. The fraction of sp³-hybridized carbons (Fsp3) is 0.400. The average Bonchev–Trinajstić information content (AvgIpc) is 3.00. The molecule has 0 radical (unpaired) electrons. The highest BCUT2D eigenvalue weighted by Gasteiger charge is 2.36. The van der Waals surface area contributed by atoms with E-state index in [4.69, 9.17) is 14.6 Å². The summed E-state index contributed by atoms with van der Waals surface area (Å²) < 4.78 is 48.9. The molecule has 0 bridgehead atoms. The predicted octanol–water partition coefficient (Wildman–Crippen LogP) is 2.10. The highest BCUT2D eigenvalue weighted by Crippen LogP contribution is 2.40. The number of nitrogens with two attached hydrogens (primary N) is 1. The monoisotopic (exact) mass is 406 g/mol. The minimum atomic E-state index is -3.96. The molecule has 0 amide bonds. The summed E-state index contributed by atoms with van der Waals surface area (Å²) in [6.07, 6.45) is 0.559. The van der Waals surface area contributed by atoms with E-state index < -0.39 is 15.8 Å². The van der Waals surface area contributed by atoms with Crippen molar-refractivity contribution < 1.29 is 22.3 Å². The van der Waals surface area contributed by atoms with E-state index in [0.717, 1.165) is 50.9 Å². The van der Waals surface area contributed by atoms with Gasteiger partial charge in [-0.15, -0.1) is 0 Å². The van der Waals surface area contributed by atoms with E-state index in [1.807, 2.05) is 18.2 Å². The van der Waals surface area contributed by atoms with Crippen LogP contribution in [0.25, 0.3) is 0 Å². The second-order valence-electron chi connectivity index (χ2n) is 7.25. The Hall–Kier alpha value is -2.00. The van der Waals surface area contributed by atoms with Crippen molar-refractivity contribution in [3.63, 3.8) is 0 Å². The number of nitrogens with zero attached hydrogens (tertiary/aromatic N) is 1. The molecule has 0 saturated carbocycles. The largest absolute Gasteiger partial charge is 0.482 e. The summed E-state index contributed by atoms with van der Waals surface area (Å²) in [5.41, 5.74) is 2.25. The predicted molar refractivity (Wildman–Crippen MR) is 102 cm³/mol. The molecule has 8 heteroatoms. The van der Waals surface area contributed by atoms with Crippen LogP contribution in [-0.4, -0.2) is 46.2 Å². The third-order valence-corrected chi connectivity index (χ3v) is 6.27. The first-order chi connectivity index (χ1) is 13.4. The van der Waals surface area contributed by atoms with Crippen molar-refractivity contribution in [1.29, 1.82) is 0 Å². The topological polar surface area (TPSA) is 81.9 Å². The molecule has 2 unspecified atom stereocenters. The molecule has 1 aliphatic carbocycles. The van der Waals surface area contributed by atoms with Crippen molar-refractivity contribution in [1.82, 2.24) is 4.90 Å². The van der Waals surface area contributed by atoms with Crippen LogP contribution in [0.2, 0.25) is 0 Å². The molecule has 1 saturated heterocycles. The van der Waals surface area contributed by atoms with Gasteiger partial charge in [0.05, 0.1) is 18.1 Å². The van der Waals surface area contributed by atoms with E-state index in [9.17, 15) is 12.8 Å². The van der Waals surface area contributed by atoms with Crippen molar-refractivity contribution in [2.75, 3.05) is 32.8 Å². The first-order valence-electron chi connectivity index (χ1n) is 9.29. The Kier molecular flexibility index (Phi) is 5.37. The zero-order valence-corrected chi connectivity index (χ0v) is 16.2. The van der Waals surface area contributed by atoms with Crippen LogP contribution < -0.4 is 9.88 Å². The quantitative estimate of drug-likeness (QED) is 0.822. The minimum Gasteiger partial charge on any atom is -0.482 e. The van der Waals surface area contributed by atoms with Gasteiger partial charge < -0.3 is 9.47 Å². The van der Waals surface area contributed by atoms with Crippen molar-refractivity contribution >= 4 is 10.0 Å². The fourth-order valence-electron chi connectivity index (χ4n) is 3.97. The van der Waals surface area contributed by atoms with Gasteiger partial charge in [0.2, 0.25) is 10.0 Å². The molecular formula is C20H23FN2O4S. The lowest BCUT2D eigenvalue weighted by atomic mass is 10.0. The lowest BCUT2D eigenvalue weighted by Gasteiger charge is -2.31.